The highest BCUT2D eigenvalue weighted by Crippen LogP contribution is 2.27. The number of carbonyl (C=O) groups is 2. The lowest BCUT2D eigenvalue weighted by Crippen LogP contribution is -2.44. The van der Waals surface area contributed by atoms with E-state index in [0.29, 0.717) is 18.7 Å². The zero-order valence-corrected chi connectivity index (χ0v) is 12.4. The van der Waals surface area contributed by atoms with Crippen LogP contribution in [0.5, 0.6) is 0 Å². The number of hydrogen-bond acceptors (Lipinski definition) is 3. The minimum absolute atomic E-state index is 0.0510. The van der Waals surface area contributed by atoms with E-state index in [-0.39, 0.29) is 17.6 Å². The average molecular weight is 308 g/mol. The number of anilines is 1. The van der Waals surface area contributed by atoms with E-state index in [1.165, 1.54) is 12.1 Å². The van der Waals surface area contributed by atoms with Crippen molar-refractivity contribution < 1.29 is 14.0 Å². The first kappa shape index (κ1) is 14.4. The standard InChI is InChI=1S/C15H17FN2O2S/c16-11-1-3-12(4-2-11)18-6-5-13(15(18)20)14(19)17-7-9-21-10-8-17/h1-4,13H,5-10H2. The molecular weight excluding hydrogens is 291 g/mol. The summed E-state index contributed by atoms with van der Waals surface area (Å²) < 4.78 is 13.0. The Bertz CT molecular complexity index is 543. The van der Waals surface area contributed by atoms with Gasteiger partial charge in [-0.2, -0.15) is 11.8 Å². The summed E-state index contributed by atoms with van der Waals surface area (Å²) in [4.78, 5) is 28.3. The van der Waals surface area contributed by atoms with Crippen molar-refractivity contribution in [1.29, 1.82) is 0 Å². The molecule has 6 heteroatoms. The number of carbonyl (C=O) groups excluding carboxylic acids is 2. The molecule has 0 spiro atoms. The minimum Gasteiger partial charge on any atom is -0.340 e. The molecule has 1 atom stereocenters. The van der Waals surface area contributed by atoms with Gasteiger partial charge in [0, 0.05) is 36.8 Å². The molecule has 21 heavy (non-hydrogen) atoms. The van der Waals surface area contributed by atoms with Crippen molar-refractivity contribution in [3.63, 3.8) is 0 Å². The first-order chi connectivity index (χ1) is 10.2. The molecule has 2 aliphatic heterocycles. The summed E-state index contributed by atoms with van der Waals surface area (Å²) in [5, 5.41) is 0. The number of amides is 2. The number of halogens is 1. The Morgan fingerprint density at radius 2 is 1.81 bits per heavy atom. The molecule has 0 radical (unpaired) electrons. The van der Waals surface area contributed by atoms with Gasteiger partial charge in [-0.3, -0.25) is 9.59 Å². The Labute approximate surface area is 127 Å². The topological polar surface area (TPSA) is 40.6 Å². The van der Waals surface area contributed by atoms with E-state index in [9.17, 15) is 14.0 Å². The van der Waals surface area contributed by atoms with Crippen LogP contribution >= 0.6 is 11.8 Å². The van der Waals surface area contributed by atoms with Gasteiger partial charge in [0.2, 0.25) is 11.8 Å². The molecule has 2 saturated heterocycles. The maximum absolute atomic E-state index is 13.0. The van der Waals surface area contributed by atoms with Gasteiger partial charge in [-0.1, -0.05) is 0 Å². The fourth-order valence-electron chi connectivity index (χ4n) is 2.79. The first-order valence-corrected chi connectivity index (χ1v) is 8.26. The molecule has 2 heterocycles. The van der Waals surface area contributed by atoms with Crippen LogP contribution in [0.2, 0.25) is 0 Å². The molecule has 1 aromatic rings. The van der Waals surface area contributed by atoms with Crippen molar-refractivity contribution in [2.75, 3.05) is 36.0 Å². The highest BCUT2D eigenvalue weighted by molar-refractivity contribution is 7.99. The van der Waals surface area contributed by atoms with Crippen LogP contribution in [0.15, 0.2) is 24.3 Å². The minimum atomic E-state index is -0.571. The van der Waals surface area contributed by atoms with E-state index in [1.807, 2.05) is 11.8 Å². The van der Waals surface area contributed by atoms with Crippen molar-refractivity contribution in [2.24, 2.45) is 5.92 Å². The summed E-state index contributed by atoms with van der Waals surface area (Å²) in [7, 11) is 0. The van der Waals surface area contributed by atoms with Crippen LogP contribution in [-0.4, -0.2) is 47.9 Å². The highest BCUT2D eigenvalue weighted by Gasteiger charge is 2.39. The van der Waals surface area contributed by atoms with Crippen LogP contribution in [-0.2, 0) is 9.59 Å². The average Bonchev–Trinajstić information content (AvgIpc) is 2.90. The number of rotatable bonds is 2. The second-order valence-electron chi connectivity index (χ2n) is 5.25. The third kappa shape index (κ3) is 2.90. The van der Waals surface area contributed by atoms with Crippen molar-refractivity contribution in [2.45, 2.75) is 6.42 Å². The van der Waals surface area contributed by atoms with Crippen LogP contribution in [0.3, 0.4) is 0 Å². The maximum Gasteiger partial charge on any atom is 0.239 e. The van der Waals surface area contributed by atoms with Crippen LogP contribution in [0.25, 0.3) is 0 Å². The molecule has 1 unspecified atom stereocenters. The molecule has 1 aromatic carbocycles. The second kappa shape index (κ2) is 6.05. The quantitative estimate of drug-likeness (QED) is 0.782. The van der Waals surface area contributed by atoms with E-state index in [2.05, 4.69) is 0 Å². The first-order valence-electron chi connectivity index (χ1n) is 7.10. The van der Waals surface area contributed by atoms with Gasteiger partial charge in [-0.15, -0.1) is 0 Å². The summed E-state index contributed by atoms with van der Waals surface area (Å²) in [6.45, 7) is 1.97. The Morgan fingerprint density at radius 1 is 1.14 bits per heavy atom. The molecule has 4 nitrogen and oxygen atoms in total. The molecule has 0 saturated carbocycles. The lowest BCUT2D eigenvalue weighted by Gasteiger charge is -2.28. The van der Waals surface area contributed by atoms with Gasteiger partial charge in [0.25, 0.3) is 0 Å². The zero-order valence-electron chi connectivity index (χ0n) is 11.6. The second-order valence-corrected chi connectivity index (χ2v) is 6.47. The number of benzene rings is 1. The molecule has 0 aromatic heterocycles. The van der Waals surface area contributed by atoms with Crippen molar-refractivity contribution in [3.05, 3.63) is 30.1 Å². The van der Waals surface area contributed by atoms with E-state index in [1.54, 1.807) is 21.9 Å². The largest absolute Gasteiger partial charge is 0.340 e. The monoisotopic (exact) mass is 308 g/mol. The molecule has 3 rings (SSSR count). The van der Waals surface area contributed by atoms with Gasteiger partial charge < -0.3 is 9.80 Å². The van der Waals surface area contributed by atoms with Gasteiger partial charge in [0.15, 0.2) is 0 Å². The van der Waals surface area contributed by atoms with Gasteiger partial charge in [0.1, 0.15) is 11.7 Å². The molecule has 2 fully saturated rings. The SMILES string of the molecule is O=C(C1CCN(c2ccc(F)cc2)C1=O)N1CCSCC1. The summed E-state index contributed by atoms with van der Waals surface area (Å²) in [5.74, 6) is 0.764. The lowest BCUT2D eigenvalue weighted by atomic mass is 10.1. The van der Waals surface area contributed by atoms with Crippen molar-refractivity contribution >= 4 is 29.3 Å². The fourth-order valence-corrected chi connectivity index (χ4v) is 3.69. The molecule has 0 bridgehead atoms. The molecule has 0 aliphatic carbocycles. The maximum atomic E-state index is 13.0. The Balaban J connectivity index is 1.71. The normalized spacial score (nSPS) is 22.7. The van der Waals surface area contributed by atoms with Crippen LogP contribution in [0.1, 0.15) is 6.42 Å². The van der Waals surface area contributed by atoms with Crippen LogP contribution < -0.4 is 4.90 Å². The summed E-state index contributed by atoms with van der Waals surface area (Å²) >= 11 is 1.83. The van der Waals surface area contributed by atoms with Crippen molar-refractivity contribution in [1.82, 2.24) is 4.90 Å². The summed E-state index contributed by atoms with van der Waals surface area (Å²) in [6, 6.07) is 5.83. The molecule has 0 N–H and O–H groups in total. The van der Waals surface area contributed by atoms with Gasteiger partial charge in [-0.05, 0) is 30.7 Å². The smallest absolute Gasteiger partial charge is 0.239 e. The van der Waals surface area contributed by atoms with Crippen LogP contribution in [0, 0.1) is 11.7 Å². The van der Waals surface area contributed by atoms with E-state index < -0.39 is 5.92 Å². The predicted octanol–water partition coefficient (Wildman–Crippen LogP) is 1.75. The van der Waals surface area contributed by atoms with E-state index in [0.717, 1.165) is 24.6 Å². The Morgan fingerprint density at radius 3 is 2.48 bits per heavy atom. The third-order valence-corrected chi connectivity index (χ3v) is 4.91. The third-order valence-electron chi connectivity index (χ3n) is 3.96. The molecule has 2 aliphatic rings. The highest BCUT2D eigenvalue weighted by atomic mass is 32.2. The number of nitrogens with zero attached hydrogens (tertiary/aromatic N) is 2. The van der Waals surface area contributed by atoms with Crippen LogP contribution in [0.4, 0.5) is 10.1 Å². The van der Waals surface area contributed by atoms with E-state index in [4.69, 9.17) is 0 Å². The predicted molar refractivity (Wildman–Crippen MR) is 80.8 cm³/mol. The van der Waals surface area contributed by atoms with Gasteiger partial charge >= 0.3 is 0 Å². The zero-order chi connectivity index (χ0) is 14.8. The van der Waals surface area contributed by atoms with Crippen molar-refractivity contribution in [3.8, 4) is 0 Å². The summed E-state index contributed by atoms with van der Waals surface area (Å²) in [6.07, 6.45) is 0.540. The Kier molecular flexibility index (Phi) is 4.14. The Hall–Kier alpha value is -1.56. The lowest BCUT2D eigenvalue weighted by molar-refractivity contribution is -0.139. The number of thioether (sulfide) groups is 1. The van der Waals surface area contributed by atoms with E-state index >= 15 is 0 Å². The van der Waals surface area contributed by atoms with Gasteiger partial charge in [0.05, 0.1) is 0 Å². The number of hydrogen-bond donors (Lipinski definition) is 0. The summed E-state index contributed by atoms with van der Waals surface area (Å²) in [5.41, 5.74) is 0.658. The fraction of sp³-hybridized carbons (Fsp3) is 0.467. The molecule has 112 valence electrons. The molecule has 2 amide bonds. The van der Waals surface area contributed by atoms with Gasteiger partial charge in [-0.25, -0.2) is 4.39 Å². The molecular formula is C15H17FN2O2S.